The molecule has 1 aliphatic rings. The molecular weight excluding hydrogens is 220 g/mol. The number of H-pyrrole nitrogens is 1. The van der Waals surface area contributed by atoms with E-state index in [2.05, 4.69) is 10.2 Å². The lowest BCUT2D eigenvalue weighted by Gasteiger charge is -2.20. The maximum absolute atomic E-state index is 10.8. The van der Waals surface area contributed by atoms with Crippen molar-refractivity contribution in [2.75, 3.05) is 5.73 Å². The van der Waals surface area contributed by atoms with Crippen molar-refractivity contribution in [3.63, 3.8) is 0 Å². The molecule has 2 rings (SSSR count). The molecule has 0 amide bonds. The molecule has 1 heterocycles. The van der Waals surface area contributed by atoms with Crippen molar-refractivity contribution in [3.8, 4) is 0 Å². The Morgan fingerprint density at radius 1 is 1.41 bits per heavy atom. The Balaban J connectivity index is 1.96. The van der Waals surface area contributed by atoms with Crippen LogP contribution in [0.15, 0.2) is 0 Å². The van der Waals surface area contributed by atoms with Gasteiger partial charge in [0.05, 0.1) is 4.92 Å². The van der Waals surface area contributed by atoms with Crippen molar-refractivity contribution in [2.24, 2.45) is 5.92 Å². The molecule has 0 aromatic carbocycles. The van der Waals surface area contributed by atoms with Gasteiger partial charge in [0.25, 0.3) is 0 Å². The van der Waals surface area contributed by atoms with Crippen LogP contribution in [0.2, 0.25) is 0 Å². The summed E-state index contributed by atoms with van der Waals surface area (Å²) in [5.41, 5.74) is 5.99. The second kappa shape index (κ2) is 5.16. The Bertz CT molecular complexity index is 396. The van der Waals surface area contributed by atoms with E-state index < -0.39 is 4.92 Å². The van der Waals surface area contributed by atoms with Gasteiger partial charge < -0.3 is 5.73 Å². The molecule has 0 unspecified atom stereocenters. The third-order valence-electron chi connectivity index (χ3n) is 3.55. The van der Waals surface area contributed by atoms with Crippen molar-refractivity contribution >= 4 is 11.5 Å². The normalized spacial score (nSPS) is 17.2. The summed E-state index contributed by atoms with van der Waals surface area (Å²) in [6.45, 7) is 0. The van der Waals surface area contributed by atoms with Crippen LogP contribution >= 0.6 is 0 Å². The standard InChI is InChI=1S/C11H18N4O2/c12-11-10(15(16)17)9(13-14-11)7-6-8-4-2-1-3-5-8/h8H,1-7H2,(H3,12,13,14). The van der Waals surface area contributed by atoms with E-state index in [1.54, 1.807) is 0 Å². The molecule has 1 aromatic heterocycles. The fourth-order valence-electron chi connectivity index (χ4n) is 2.59. The van der Waals surface area contributed by atoms with Crippen LogP contribution in [0.3, 0.4) is 0 Å². The first kappa shape index (κ1) is 11.9. The zero-order valence-electron chi connectivity index (χ0n) is 9.82. The first-order valence-electron chi connectivity index (χ1n) is 6.15. The molecule has 0 atom stereocenters. The van der Waals surface area contributed by atoms with Crippen molar-refractivity contribution in [1.82, 2.24) is 10.2 Å². The third-order valence-corrected chi connectivity index (χ3v) is 3.55. The third kappa shape index (κ3) is 2.75. The van der Waals surface area contributed by atoms with E-state index in [0.717, 1.165) is 6.42 Å². The van der Waals surface area contributed by atoms with Gasteiger partial charge >= 0.3 is 5.69 Å². The number of nitro groups is 1. The van der Waals surface area contributed by atoms with E-state index in [4.69, 9.17) is 5.73 Å². The highest BCUT2D eigenvalue weighted by atomic mass is 16.6. The van der Waals surface area contributed by atoms with Gasteiger partial charge in [0.2, 0.25) is 5.82 Å². The van der Waals surface area contributed by atoms with Gasteiger partial charge in [-0.1, -0.05) is 32.1 Å². The van der Waals surface area contributed by atoms with Crippen molar-refractivity contribution in [2.45, 2.75) is 44.9 Å². The van der Waals surface area contributed by atoms with E-state index in [0.29, 0.717) is 18.0 Å². The van der Waals surface area contributed by atoms with Crippen LogP contribution in [0.25, 0.3) is 0 Å². The summed E-state index contributed by atoms with van der Waals surface area (Å²) in [5.74, 6) is 0.696. The van der Waals surface area contributed by atoms with E-state index in [1.807, 2.05) is 0 Å². The monoisotopic (exact) mass is 238 g/mol. The number of hydrogen-bond acceptors (Lipinski definition) is 4. The van der Waals surface area contributed by atoms with Gasteiger partial charge in [-0.15, -0.1) is 0 Å². The molecular formula is C11H18N4O2. The van der Waals surface area contributed by atoms with Crippen molar-refractivity contribution in [3.05, 3.63) is 15.8 Å². The number of aromatic amines is 1. The number of hydrogen-bond donors (Lipinski definition) is 2. The molecule has 1 aliphatic carbocycles. The summed E-state index contributed by atoms with van der Waals surface area (Å²) in [4.78, 5) is 10.4. The molecule has 1 saturated carbocycles. The summed E-state index contributed by atoms with van der Waals surface area (Å²) in [6.07, 6.45) is 8.06. The van der Waals surface area contributed by atoms with Crippen LogP contribution in [-0.4, -0.2) is 15.1 Å². The summed E-state index contributed by atoms with van der Waals surface area (Å²) in [5, 5.41) is 17.2. The Kier molecular flexibility index (Phi) is 3.61. The molecule has 0 aliphatic heterocycles. The Morgan fingerprint density at radius 2 is 2.12 bits per heavy atom. The first-order chi connectivity index (χ1) is 8.18. The Hall–Kier alpha value is -1.59. The van der Waals surface area contributed by atoms with Gasteiger partial charge in [-0.2, -0.15) is 5.10 Å². The summed E-state index contributed by atoms with van der Waals surface area (Å²) < 4.78 is 0. The Morgan fingerprint density at radius 3 is 2.76 bits per heavy atom. The van der Waals surface area contributed by atoms with Gasteiger partial charge in [0.1, 0.15) is 5.69 Å². The lowest BCUT2D eigenvalue weighted by atomic mass is 9.86. The minimum absolute atomic E-state index is 0.00589. The van der Waals surface area contributed by atoms with Gasteiger partial charge in [0, 0.05) is 0 Å². The minimum atomic E-state index is -0.449. The van der Waals surface area contributed by atoms with E-state index >= 15 is 0 Å². The van der Waals surface area contributed by atoms with Crippen LogP contribution in [0.5, 0.6) is 0 Å². The van der Waals surface area contributed by atoms with Gasteiger partial charge in [-0.05, 0) is 18.8 Å². The number of rotatable bonds is 4. The number of nitrogen functional groups attached to an aromatic ring is 1. The summed E-state index contributed by atoms with van der Waals surface area (Å²) in [6, 6.07) is 0. The first-order valence-corrected chi connectivity index (χ1v) is 6.15. The molecule has 3 N–H and O–H groups in total. The summed E-state index contributed by atoms with van der Waals surface area (Å²) >= 11 is 0. The zero-order chi connectivity index (χ0) is 12.3. The number of aromatic nitrogens is 2. The van der Waals surface area contributed by atoms with Crippen LogP contribution in [0, 0.1) is 16.0 Å². The number of anilines is 1. The molecule has 0 spiro atoms. The van der Waals surface area contributed by atoms with E-state index in [9.17, 15) is 10.1 Å². The SMILES string of the molecule is Nc1n[nH]c(CCC2CCCCC2)c1[N+](=O)[O-]. The molecule has 0 radical (unpaired) electrons. The number of nitrogens with one attached hydrogen (secondary N) is 1. The largest absolute Gasteiger partial charge is 0.376 e. The molecule has 17 heavy (non-hydrogen) atoms. The van der Waals surface area contributed by atoms with Gasteiger partial charge in [-0.3, -0.25) is 15.2 Å². The zero-order valence-corrected chi connectivity index (χ0v) is 9.82. The lowest BCUT2D eigenvalue weighted by molar-refractivity contribution is -0.384. The molecule has 94 valence electrons. The van der Waals surface area contributed by atoms with Crippen LogP contribution in [0.4, 0.5) is 11.5 Å². The average Bonchev–Trinajstić information content (AvgIpc) is 2.69. The van der Waals surface area contributed by atoms with Crippen LogP contribution in [-0.2, 0) is 6.42 Å². The second-order valence-corrected chi connectivity index (χ2v) is 4.74. The smallest absolute Gasteiger partial charge is 0.333 e. The molecule has 6 nitrogen and oxygen atoms in total. The maximum atomic E-state index is 10.8. The molecule has 6 heteroatoms. The lowest BCUT2D eigenvalue weighted by Crippen LogP contribution is -2.08. The van der Waals surface area contributed by atoms with Crippen LogP contribution in [0.1, 0.15) is 44.2 Å². The predicted octanol–water partition coefficient (Wildman–Crippen LogP) is 2.41. The fraction of sp³-hybridized carbons (Fsp3) is 0.727. The van der Waals surface area contributed by atoms with E-state index in [1.165, 1.54) is 32.1 Å². The van der Waals surface area contributed by atoms with E-state index in [-0.39, 0.29) is 11.5 Å². The highest BCUT2D eigenvalue weighted by molar-refractivity contribution is 5.55. The van der Waals surface area contributed by atoms with Crippen LogP contribution < -0.4 is 5.73 Å². The second-order valence-electron chi connectivity index (χ2n) is 4.74. The van der Waals surface area contributed by atoms with Crippen molar-refractivity contribution in [1.29, 1.82) is 0 Å². The van der Waals surface area contributed by atoms with Gasteiger partial charge in [-0.25, -0.2) is 0 Å². The molecule has 1 aromatic rings. The maximum Gasteiger partial charge on any atom is 0.333 e. The number of nitrogens with zero attached hydrogens (tertiary/aromatic N) is 2. The molecule has 0 saturated heterocycles. The Labute approximate surface area is 99.7 Å². The quantitative estimate of drug-likeness (QED) is 0.621. The predicted molar refractivity (Wildman–Crippen MR) is 64.6 cm³/mol. The number of nitrogens with two attached hydrogens (primary N) is 1. The average molecular weight is 238 g/mol. The topological polar surface area (TPSA) is 97.8 Å². The number of aryl methyl sites for hydroxylation is 1. The highest BCUT2D eigenvalue weighted by Gasteiger charge is 2.23. The fourth-order valence-corrected chi connectivity index (χ4v) is 2.59. The molecule has 1 fully saturated rings. The minimum Gasteiger partial charge on any atom is -0.376 e. The van der Waals surface area contributed by atoms with Crippen molar-refractivity contribution < 1.29 is 4.92 Å². The van der Waals surface area contributed by atoms with Gasteiger partial charge in [0.15, 0.2) is 0 Å². The molecule has 0 bridgehead atoms. The summed E-state index contributed by atoms with van der Waals surface area (Å²) in [7, 11) is 0. The highest BCUT2D eigenvalue weighted by Crippen LogP contribution is 2.30.